The van der Waals surface area contributed by atoms with Gasteiger partial charge in [-0.3, -0.25) is 10.2 Å². The molecule has 1 saturated carbocycles. The molecule has 0 spiro atoms. The van der Waals surface area contributed by atoms with Gasteiger partial charge >= 0.3 is 0 Å². The molecule has 0 aromatic heterocycles. The topological polar surface area (TPSA) is 48.3 Å². The van der Waals surface area contributed by atoms with E-state index in [0.29, 0.717) is 6.04 Å². The van der Waals surface area contributed by atoms with Gasteiger partial charge in [0.05, 0.1) is 12.1 Å². The van der Waals surface area contributed by atoms with Gasteiger partial charge in [0.1, 0.15) is 12.4 Å². The van der Waals surface area contributed by atoms with E-state index in [-0.39, 0.29) is 6.04 Å². The van der Waals surface area contributed by atoms with Gasteiger partial charge < -0.3 is 4.74 Å². The normalized spacial score (nSPS) is 20.4. The van der Waals surface area contributed by atoms with Crippen molar-refractivity contribution < 1.29 is 4.74 Å². The third-order valence-corrected chi connectivity index (χ3v) is 3.94. The van der Waals surface area contributed by atoms with Crippen LogP contribution >= 0.6 is 0 Å². The minimum Gasteiger partial charge on any atom is -0.492 e. The summed E-state index contributed by atoms with van der Waals surface area (Å²) in [6.45, 7) is 3.51. The van der Waals surface area contributed by atoms with Crippen molar-refractivity contribution in [2.75, 3.05) is 19.7 Å². The van der Waals surface area contributed by atoms with Crippen molar-refractivity contribution in [2.24, 2.45) is 0 Å². The van der Waals surface area contributed by atoms with E-state index >= 15 is 0 Å². The molecule has 1 fully saturated rings. The maximum atomic E-state index is 9.19. The molecule has 1 aromatic carbocycles. The highest BCUT2D eigenvalue weighted by Crippen LogP contribution is 2.23. The van der Waals surface area contributed by atoms with Gasteiger partial charge in [-0.15, -0.1) is 0 Å². The van der Waals surface area contributed by atoms with E-state index in [2.05, 4.69) is 28.4 Å². The molecular formula is C16H21N3O. The van der Waals surface area contributed by atoms with Gasteiger partial charge in [-0.2, -0.15) is 5.26 Å². The number of nitriles is 1. The van der Waals surface area contributed by atoms with Crippen molar-refractivity contribution in [3.8, 4) is 11.8 Å². The highest BCUT2D eigenvalue weighted by atomic mass is 16.5. The Balaban J connectivity index is 1.53. The second-order valence-electron chi connectivity index (χ2n) is 5.64. The zero-order valence-corrected chi connectivity index (χ0v) is 11.7. The molecule has 3 rings (SSSR count). The van der Waals surface area contributed by atoms with Crippen LogP contribution in [0, 0.1) is 11.3 Å². The summed E-state index contributed by atoms with van der Waals surface area (Å²) in [5.74, 6) is 1.00. The summed E-state index contributed by atoms with van der Waals surface area (Å²) in [7, 11) is 0. The third-order valence-electron chi connectivity index (χ3n) is 3.94. The van der Waals surface area contributed by atoms with E-state index in [1.807, 2.05) is 12.1 Å². The predicted molar refractivity (Wildman–Crippen MR) is 77.4 cm³/mol. The van der Waals surface area contributed by atoms with Gasteiger partial charge in [0.25, 0.3) is 0 Å². The number of para-hydroxylation sites is 1. The third kappa shape index (κ3) is 3.50. The smallest absolute Gasteiger partial charge is 0.123 e. The molecular weight excluding hydrogens is 250 g/mol. The second kappa shape index (κ2) is 6.25. The summed E-state index contributed by atoms with van der Waals surface area (Å²) in [5, 5.41) is 12.6. The van der Waals surface area contributed by atoms with Crippen LogP contribution < -0.4 is 10.1 Å². The van der Waals surface area contributed by atoms with E-state index in [0.717, 1.165) is 38.4 Å². The Morgan fingerprint density at radius 2 is 2.25 bits per heavy atom. The number of rotatable bonds is 5. The SMILES string of the molecule is N#CC(CCN1CCOc2ccccc2C1)NC1CC1. The molecule has 0 radical (unpaired) electrons. The molecule has 4 heteroatoms. The van der Waals surface area contributed by atoms with Crippen LogP contribution in [0.2, 0.25) is 0 Å². The Morgan fingerprint density at radius 3 is 3.05 bits per heavy atom. The summed E-state index contributed by atoms with van der Waals surface area (Å²) in [6, 6.07) is 11.2. The Kier molecular flexibility index (Phi) is 4.19. The molecule has 1 aliphatic carbocycles. The highest BCUT2D eigenvalue weighted by molar-refractivity contribution is 5.33. The van der Waals surface area contributed by atoms with Crippen molar-refractivity contribution in [3.05, 3.63) is 29.8 Å². The number of benzene rings is 1. The standard InChI is InChI=1S/C16H21N3O/c17-11-15(18-14-5-6-14)7-8-19-9-10-20-16-4-2-1-3-13(16)12-19/h1-4,14-15,18H,5-10,12H2. The van der Waals surface area contributed by atoms with Crippen LogP contribution in [0.3, 0.4) is 0 Å². The lowest BCUT2D eigenvalue weighted by molar-refractivity contribution is 0.220. The predicted octanol–water partition coefficient (Wildman–Crippen LogP) is 1.92. The zero-order valence-electron chi connectivity index (χ0n) is 11.7. The van der Waals surface area contributed by atoms with Crippen molar-refractivity contribution in [3.63, 3.8) is 0 Å². The first-order valence-electron chi connectivity index (χ1n) is 7.44. The van der Waals surface area contributed by atoms with Crippen molar-refractivity contribution in [2.45, 2.75) is 37.9 Å². The van der Waals surface area contributed by atoms with Gasteiger partial charge in [0, 0.05) is 31.2 Å². The van der Waals surface area contributed by atoms with Crippen LogP contribution in [-0.4, -0.2) is 36.7 Å². The minimum absolute atomic E-state index is 0.0121. The monoisotopic (exact) mass is 271 g/mol. The highest BCUT2D eigenvalue weighted by Gasteiger charge is 2.25. The van der Waals surface area contributed by atoms with E-state index < -0.39 is 0 Å². The maximum absolute atomic E-state index is 9.19. The van der Waals surface area contributed by atoms with E-state index in [1.165, 1.54) is 18.4 Å². The first kappa shape index (κ1) is 13.4. The number of nitrogens with one attached hydrogen (secondary N) is 1. The Hall–Kier alpha value is -1.57. The summed E-state index contributed by atoms with van der Waals surface area (Å²) in [5.41, 5.74) is 1.24. The maximum Gasteiger partial charge on any atom is 0.123 e. The molecule has 2 aliphatic rings. The van der Waals surface area contributed by atoms with Crippen LogP contribution in [0.5, 0.6) is 5.75 Å². The fraction of sp³-hybridized carbons (Fsp3) is 0.562. The molecule has 0 saturated heterocycles. The Labute approximate surface area is 120 Å². The molecule has 4 nitrogen and oxygen atoms in total. The van der Waals surface area contributed by atoms with Gasteiger partial charge in [0.2, 0.25) is 0 Å². The molecule has 1 N–H and O–H groups in total. The zero-order chi connectivity index (χ0) is 13.8. The van der Waals surface area contributed by atoms with Crippen LogP contribution in [-0.2, 0) is 6.54 Å². The molecule has 1 aromatic rings. The lowest BCUT2D eigenvalue weighted by atomic mass is 10.1. The largest absolute Gasteiger partial charge is 0.492 e. The molecule has 1 atom stereocenters. The molecule has 20 heavy (non-hydrogen) atoms. The molecule has 1 aliphatic heterocycles. The Morgan fingerprint density at radius 1 is 1.40 bits per heavy atom. The minimum atomic E-state index is -0.0121. The molecule has 0 amide bonds. The lowest BCUT2D eigenvalue weighted by Crippen LogP contribution is -2.35. The van der Waals surface area contributed by atoms with Gasteiger partial charge in [0.15, 0.2) is 0 Å². The summed E-state index contributed by atoms with van der Waals surface area (Å²) in [4.78, 5) is 2.38. The number of ether oxygens (including phenoxy) is 1. The van der Waals surface area contributed by atoms with Gasteiger partial charge in [-0.25, -0.2) is 0 Å². The van der Waals surface area contributed by atoms with Crippen LogP contribution in [0.1, 0.15) is 24.8 Å². The summed E-state index contributed by atoms with van der Waals surface area (Å²) < 4.78 is 5.76. The Bertz CT molecular complexity index is 493. The number of nitrogens with zero attached hydrogens (tertiary/aromatic N) is 2. The van der Waals surface area contributed by atoms with Gasteiger partial charge in [-0.05, 0) is 25.3 Å². The lowest BCUT2D eigenvalue weighted by Gasteiger charge is -2.21. The number of fused-ring (bicyclic) bond motifs is 1. The second-order valence-corrected chi connectivity index (χ2v) is 5.64. The average molecular weight is 271 g/mol. The van der Waals surface area contributed by atoms with Crippen LogP contribution in [0.25, 0.3) is 0 Å². The van der Waals surface area contributed by atoms with Gasteiger partial charge in [-0.1, -0.05) is 18.2 Å². The van der Waals surface area contributed by atoms with Crippen LogP contribution in [0.4, 0.5) is 0 Å². The first-order valence-corrected chi connectivity index (χ1v) is 7.44. The molecule has 1 heterocycles. The quantitative estimate of drug-likeness (QED) is 0.889. The number of hydrogen-bond acceptors (Lipinski definition) is 4. The van der Waals surface area contributed by atoms with Crippen molar-refractivity contribution in [1.29, 1.82) is 5.26 Å². The molecule has 0 bridgehead atoms. The first-order chi connectivity index (χ1) is 9.85. The summed E-state index contributed by atoms with van der Waals surface area (Å²) >= 11 is 0. The van der Waals surface area contributed by atoms with Crippen molar-refractivity contribution in [1.82, 2.24) is 10.2 Å². The van der Waals surface area contributed by atoms with E-state index in [4.69, 9.17) is 4.74 Å². The molecule has 106 valence electrons. The fourth-order valence-corrected chi connectivity index (χ4v) is 2.60. The van der Waals surface area contributed by atoms with E-state index in [9.17, 15) is 5.26 Å². The average Bonchev–Trinajstić information content (AvgIpc) is 3.29. The number of hydrogen-bond donors (Lipinski definition) is 1. The van der Waals surface area contributed by atoms with Crippen LogP contribution in [0.15, 0.2) is 24.3 Å². The van der Waals surface area contributed by atoms with E-state index in [1.54, 1.807) is 0 Å². The summed E-state index contributed by atoms with van der Waals surface area (Å²) in [6.07, 6.45) is 3.33. The van der Waals surface area contributed by atoms with Crippen molar-refractivity contribution >= 4 is 0 Å². The fourth-order valence-electron chi connectivity index (χ4n) is 2.60. The molecule has 1 unspecified atom stereocenters.